The van der Waals surface area contributed by atoms with Crippen LogP contribution in [-0.2, 0) is 4.74 Å². The summed E-state index contributed by atoms with van der Waals surface area (Å²) in [5.74, 6) is -0.363. The highest BCUT2D eigenvalue weighted by Crippen LogP contribution is 2.39. The Morgan fingerprint density at radius 3 is 2.68 bits per heavy atom. The summed E-state index contributed by atoms with van der Waals surface area (Å²) in [7, 11) is 1.39. The molecule has 1 saturated heterocycles. The minimum absolute atomic E-state index is 0.0871. The number of hydrogen-bond acceptors (Lipinski definition) is 5. The third-order valence-corrected chi connectivity index (χ3v) is 6.86. The van der Waals surface area contributed by atoms with Crippen molar-refractivity contribution in [3.05, 3.63) is 114 Å². The zero-order valence-electron chi connectivity index (χ0n) is 20.6. The molecular weight excluding hydrogens is 482 g/mol. The van der Waals surface area contributed by atoms with Crippen molar-refractivity contribution >= 4 is 29.0 Å². The maximum atomic E-state index is 12.2. The van der Waals surface area contributed by atoms with Gasteiger partial charge in [-0.1, -0.05) is 30.3 Å². The van der Waals surface area contributed by atoms with Crippen LogP contribution in [0.1, 0.15) is 40.3 Å². The van der Waals surface area contributed by atoms with Gasteiger partial charge >= 0.3 is 5.97 Å². The maximum Gasteiger partial charge on any atom is 0.337 e. The van der Waals surface area contributed by atoms with Crippen molar-refractivity contribution in [2.45, 2.75) is 18.5 Å². The van der Waals surface area contributed by atoms with E-state index in [9.17, 15) is 4.79 Å². The molecule has 1 aliphatic heterocycles. The average Bonchev–Trinajstić information content (AvgIpc) is 3.56. The van der Waals surface area contributed by atoms with Crippen LogP contribution >= 0.6 is 12.2 Å². The highest BCUT2D eigenvalue weighted by atomic mass is 32.1. The first-order chi connectivity index (χ1) is 18.2. The van der Waals surface area contributed by atoms with Crippen molar-refractivity contribution in [2.24, 2.45) is 0 Å². The molecule has 0 spiro atoms. The van der Waals surface area contributed by atoms with Crippen molar-refractivity contribution in [3.8, 4) is 5.69 Å². The summed E-state index contributed by atoms with van der Waals surface area (Å²) in [6.45, 7) is 1.60. The summed E-state index contributed by atoms with van der Waals surface area (Å²) in [5.41, 5.74) is 4.47. The zero-order chi connectivity index (χ0) is 25.6. The number of anilines is 1. The number of benzene rings is 2. The van der Waals surface area contributed by atoms with E-state index in [-0.39, 0.29) is 18.1 Å². The minimum atomic E-state index is -0.363. The van der Waals surface area contributed by atoms with Gasteiger partial charge in [0, 0.05) is 42.6 Å². The molecule has 2 unspecified atom stereocenters. The molecule has 0 bridgehead atoms. The lowest BCUT2D eigenvalue weighted by atomic mass is 10.0. The largest absolute Gasteiger partial charge is 0.465 e. The molecule has 4 aromatic rings. The van der Waals surface area contributed by atoms with Gasteiger partial charge in [0.25, 0.3) is 0 Å². The molecule has 2 N–H and O–H groups in total. The van der Waals surface area contributed by atoms with Gasteiger partial charge in [-0.25, -0.2) is 4.79 Å². The monoisotopic (exact) mass is 511 g/mol. The van der Waals surface area contributed by atoms with Crippen LogP contribution in [0, 0.1) is 0 Å². The fourth-order valence-electron chi connectivity index (χ4n) is 4.78. The van der Waals surface area contributed by atoms with Crippen LogP contribution in [0.5, 0.6) is 0 Å². The molecule has 2 aromatic carbocycles. The van der Waals surface area contributed by atoms with Gasteiger partial charge < -0.3 is 24.8 Å². The second-order valence-corrected chi connectivity index (χ2v) is 9.20. The summed E-state index contributed by atoms with van der Waals surface area (Å²) < 4.78 is 7.04. The van der Waals surface area contributed by atoms with Crippen LogP contribution in [-0.4, -0.2) is 45.7 Å². The standard InChI is InChI=1S/C29H29N5O2S/c1-36-28(35)21-10-7-13-23(20-21)33-18-8-15-25(33)27-26(24-14-5-6-16-31-24)32-29(37)34(27)19-9-17-30-22-11-3-2-4-12-22/h2-8,10-16,18,20,26-27,30H,9,17,19H2,1H3,(H,32,37). The van der Waals surface area contributed by atoms with Crippen LogP contribution in [0.15, 0.2) is 97.3 Å². The van der Waals surface area contributed by atoms with Gasteiger partial charge in [-0.3, -0.25) is 4.98 Å². The smallest absolute Gasteiger partial charge is 0.337 e. The van der Waals surface area contributed by atoms with Crippen molar-refractivity contribution in [1.29, 1.82) is 0 Å². The predicted octanol–water partition coefficient (Wildman–Crippen LogP) is 5.13. The predicted molar refractivity (Wildman–Crippen MR) is 149 cm³/mol. The Morgan fingerprint density at radius 1 is 1.05 bits per heavy atom. The SMILES string of the molecule is COC(=O)c1cccc(-n2cccc2C2C(c3ccccn3)NC(=S)N2CCCNc2ccccc2)c1. The Hall–Kier alpha value is -4.17. The number of carbonyl (C=O) groups excluding carboxylic acids is 1. The summed E-state index contributed by atoms with van der Waals surface area (Å²) in [6.07, 6.45) is 4.72. The van der Waals surface area contributed by atoms with E-state index < -0.39 is 0 Å². The molecule has 188 valence electrons. The van der Waals surface area contributed by atoms with E-state index in [0.29, 0.717) is 10.7 Å². The lowest BCUT2D eigenvalue weighted by molar-refractivity contribution is 0.0600. The molecule has 0 aliphatic carbocycles. The topological polar surface area (TPSA) is 71.4 Å². The molecule has 5 rings (SSSR count). The molecule has 2 aromatic heterocycles. The molecule has 0 radical (unpaired) electrons. The van der Waals surface area contributed by atoms with Gasteiger partial charge in [0.05, 0.1) is 30.5 Å². The molecule has 8 heteroatoms. The van der Waals surface area contributed by atoms with E-state index in [2.05, 4.69) is 43.3 Å². The number of carbonyl (C=O) groups is 1. The number of hydrogen-bond donors (Lipinski definition) is 2. The number of pyridine rings is 1. The lowest BCUT2D eigenvalue weighted by Crippen LogP contribution is -2.32. The van der Waals surface area contributed by atoms with Crippen LogP contribution in [0.3, 0.4) is 0 Å². The van der Waals surface area contributed by atoms with Gasteiger partial charge in [0.2, 0.25) is 0 Å². The number of rotatable bonds is 9. The Morgan fingerprint density at radius 2 is 1.89 bits per heavy atom. The van der Waals surface area contributed by atoms with Crippen molar-refractivity contribution in [2.75, 3.05) is 25.5 Å². The van der Waals surface area contributed by atoms with Gasteiger partial charge in [0.15, 0.2) is 5.11 Å². The van der Waals surface area contributed by atoms with Gasteiger partial charge in [0.1, 0.15) is 0 Å². The highest BCUT2D eigenvalue weighted by Gasteiger charge is 2.41. The Bertz CT molecular complexity index is 1360. The molecular formula is C29H29N5O2S. The molecule has 0 saturated carbocycles. The van der Waals surface area contributed by atoms with E-state index in [1.165, 1.54) is 7.11 Å². The number of nitrogens with zero attached hydrogens (tertiary/aromatic N) is 3. The maximum absolute atomic E-state index is 12.2. The number of ether oxygens (including phenoxy) is 1. The summed E-state index contributed by atoms with van der Waals surface area (Å²) in [6, 6.07) is 27.5. The van der Waals surface area contributed by atoms with E-state index in [1.807, 2.05) is 73.1 Å². The number of methoxy groups -OCH3 is 1. The van der Waals surface area contributed by atoms with Crippen molar-refractivity contribution in [3.63, 3.8) is 0 Å². The number of nitrogens with one attached hydrogen (secondary N) is 2. The number of thiocarbonyl (C=S) groups is 1. The molecule has 2 atom stereocenters. The summed E-state index contributed by atoms with van der Waals surface area (Å²) in [4.78, 5) is 19.1. The van der Waals surface area contributed by atoms with E-state index >= 15 is 0 Å². The number of para-hydroxylation sites is 1. The second kappa shape index (κ2) is 11.3. The Balaban J connectivity index is 1.44. The molecule has 7 nitrogen and oxygen atoms in total. The summed E-state index contributed by atoms with van der Waals surface area (Å²) >= 11 is 5.84. The highest BCUT2D eigenvalue weighted by molar-refractivity contribution is 7.80. The fourth-order valence-corrected chi connectivity index (χ4v) is 5.11. The van der Waals surface area contributed by atoms with Crippen molar-refractivity contribution < 1.29 is 9.53 Å². The van der Waals surface area contributed by atoms with Crippen LogP contribution in [0.4, 0.5) is 5.69 Å². The fraction of sp³-hybridized carbons (Fsp3) is 0.207. The van der Waals surface area contributed by atoms with Gasteiger partial charge in [-0.2, -0.15) is 0 Å². The van der Waals surface area contributed by atoms with E-state index in [4.69, 9.17) is 17.0 Å². The number of aromatic nitrogens is 2. The molecule has 3 heterocycles. The van der Waals surface area contributed by atoms with Gasteiger partial charge in [-0.15, -0.1) is 0 Å². The van der Waals surface area contributed by atoms with Gasteiger partial charge in [-0.05, 0) is 73.2 Å². The first-order valence-corrected chi connectivity index (χ1v) is 12.7. The molecule has 1 aliphatic rings. The lowest BCUT2D eigenvalue weighted by Gasteiger charge is -2.29. The van der Waals surface area contributed by atoms with Crippen LogP contribution in [0.2, 0.25) is 0 Å². The third-order valence-electron chi connectivity index (χ3n) is 6.51. The Kier molecular flexibility index (Phi) is 7.46. The molecule has 1 fully saturated rings. The average molecular weight is 512 g/mol. The second-order valence-electron chi connectivity index (χ2n) is 8.81. The van der Waals surface area contributed by atoms with Crippen LogP contribution in [0.25, 0.3) is 5.69 Å². The van der Waals surface area contributed by atoms with E-state index in [1.54, 1.807) is 6.07 Å². The zero-order valence-corrected chi connectivity index (χ0v) is 21.4. The number of esters is 1. The summed E-state index contributed by atoms with van der Waals surface area (Å²) in [5, 5.41) is 7.71. The Labute approximate surface area is 222 Å². The third kappa shape index (κ3) is 5.34. The van der Waals surface area contributed by atoms with Crippen molar-refractivity contribution in [1.82, 2.24) is 19.8 Å². The first-order valence-electron chi connectivity index (χ1n) is 12.3. The normalized spacial score (nSPS) is 16.9. The first kappa shape index (κ1) is 24.5. The van der Waals surface area contributed by atoms with Crippen LogP contribution < -0.4 is 10.6 Å². The molecule has 0 amide bonds. The quantitative estimate of drug-likeness (QED) is 0.183. The minimum Gasteiger partial charge on any atom is -0.465 e. The molecule has 37 heavy (non-hydrogen) atoms. The van der Waals surface area contributed by atoms with E-state index in [0.717, 1.165) is 42.3 Å².